The van der Waals surface area contributed by atoms with Gasteiger partial charge in [-0.2, -0.15) is 0 Å². The summed E-state index contributed by atoms with van der Waals surface area (Å²) in [4.78, 5) is 0. The lowest BCUT2D eigenvalue weighted by Crippen LogP contribution is -2.27. The Morgan fingerprint density at radius 1 is 0.952 bits per heavy atom. The molecule has 1 N–H and O–H groups in total. The van der Waals surface area contributed by atoms with Gasteiger partial charge in [0.05, 0.1) is 6.04 Å². The first-order valence-electron chi connectivity index (χ1n) is 7.60. The zero-order valence-corrected chi connectivity index (χ0v) is 13.4. The van der Waals surface area contributed by atoms with Crippen molar-refractivity contribution in [3.8, 4) is 5.75 Å². The van der Waals surface area contributed by atoms with Crippen LogP contribution in [0.4, 0.5) is 0 Å². The van der Waals surface area contributed by atoms with Crippen molar-refractivity contribution >= 4 is 0 Å². The molecule has 0 aromatic heterocycles. The number of aryl methyl sites for hydroxylation is 3. The highest BCUT2D eigenvalue weighted by Gasteiger charge is 2.13. The highest BCUT2D eigenvalue weighted by atomic mass is 16.5. The maximum absolute atomic E-state index is 6.00. The van der Waals surface area contributed by atoms with Crippen LogP contribution in [0.1, 0.15) is 35.2 Å². The average Bonchev–Trinajstić information content (AvgIpc) is 2.48. The van der Waals surface area contributed by atoms with Crippen LogP contribution in [-0.4, -0.2) is 13.2 Å². The van der Waals surface area contributed by atoms with Crippen molar-refractivity contribution in [1.82, 2.24) is 5.32 Å². The molecule has 0 bridgehead atoms. The molecule has 0 spiro atoms. The van der Waals surface area contributed by atoms with Gasteiger partial charge in [-0.25, -0.2) is 0 Å². The summed E-state index contributed by atoms with van der Waals surface area (Å²) in [6.45, 7) is 10.1. The highest BCUT2D eigenvalue weighted by molar-refractivity contribution is 5.34. The second kappa shape index (κ2) is 7.28. The Hall–Kier alpha value is -1.80. The van der Waals surface area contributed by atoms with Gasteiger partial charge in [0.25, 0.3) is 0 Å². The summed E-state index contributed by atoms with van der Waals surface area (Å²) in [5.41, 5.74) is 5.17. The molecule has 1 atom stereocenters. The first kappa shape index (κ1) is 15.6. The van der Waals surface area contributed by atoms with Crippen molar-refractivity contribution < 1.29 is 4.74 Å². The van der Waals surface area contributed by atoms with Gasteiger partial charge in [-0.15, -0.1) is 0 Å². The number of likely N-dealkylation sites (N-methyl/N-ethyl adjacent to an activating group) is 1. The molecule has 2 aromatic rings. The third-order valence-electron chi connectivity index (χ3n) is 3.91. The van der Waals surface area contributed by atoms with Crippen molar-refractivity contribution in [2.75, 3.05) is 13.2 Å². The van der Waals surface area contributed by atoms with Crippen molar-refractivity contribution in [2.45, 2.75) is 33.7 Å². The van der Waals surface area contributed by atoms with Crippen molar-refractivity contribution in [3.05, 3.63) is 64.7 Å². The summed E-state index contributed by atoms with van der Waals surface area (Å²) in [5.74, 6) is 0.939. The molecular formula is C19H25NO. The molecule has 0 radical (unpaired) electrons. The Balaban J connectivity index is 2.10. The number of nitrogens with one attached hydrogen (secondary N) is 1. The zero-order chi connectivity index (χ0) is 15.2. The predicted molar refractivity (Wildman–Crippen MR) is 89.0 cm³/mol. The van der Waals surface area contributed by atoms with Gasteiger partial charge < -0.3 is 10.1 Å². The van der Waals surface area contributed by atoms with Gasteiger partial charge in [-0.3, -0.25) is 0 Å². The van der Waals surface area contributed by atoms with Gasteiger partial charge in [0.1, 0.15) is 12.4 Å². The van der Waals surface area contributed by atoms with E-state index in [1.807, 2.05) is 6.07 Å². The van der Waals surface area contributed by atoms with Gasteiger partial charge in [0, 0.05) is 0 Å². The van der Waals surface area contributed by atoms with E-state index in [-0.39, 0.29) is 6.04 Å². The van der Waals surface area contributed by atoms with Crippen LogP contribution in [0.3, 0.4) is 0 Å². The maximum Gasteiger partial charge on any atom is 0.119 e. The van der Waals surface area contributed by atoms with Gasteiger partial charge in [0.2, 0.25) is 0 Å². The summed E-state index contributed by atoms with van der Waals surface area (Å²) < 4.78 is 6.00. The molecule has 112 valence electrons. The molecule has 21 heavy (non-hydrogen) atoms. The molecule has 1 unspecified atom stereocenters. The average molecular weight is 283 g/mol. The molecule has 0 amide bonds. The number of hydrogen-bond donors (Lipinski definition) is 1. The summed E-state index contributed by atoms with van der Waals surface area (Å²) in [5, 5.41) is 3.51. The van der Waals surface area contributed by atoms with Gasteiger partial charge in [-0.1, -0.05) is 37.3 Å². The van der Waals surface area contributed by atoms with Gasteiger partial charge >= 0.3 is 0 Å². The SMILES string of the molecule is CCNC(COc1ccc(C)c(C)c1)c1ccccc1C. The van der Waals surface area contributed by atoms with E-state index in [9.17, 15) is 0 Å². The van der Waals surface area contributed by atoms with E-state index in [1.165, 1.54) is 22.3 Å². The molecule has 2 nitrogen and oxygen atoms in total. The molecule has 2 heteroatoms. The Kier molecular flexibility index (Phi) is 5.40. The summed E-state index contributed by atoms with van der Waals surface area (Å²) in [6.07, 6.45) is 0. The monoisotopic (exact) mass is 283 g/mol. The topological polar surface area (TPSA) is 21.3 Å². The van der Waals surface area contributed by atoms with E-state index in [0.29, 0.717) is 6.61 Å². The second-order valence-corrected chi connectivity index (χ2v) is 5.52. The van der Waals surface area contributed by atoms with Gasteiger partial charge in [0.15, 0.2) is 0 Å². The summed E-state index contributed by atoms with van der Waals surface area (Å²) in [7, 11) is 0. The summed E-state index contributed by atoms with van der Waals surface area (Å²) in [6, 6.07) is 15.0. The minimum Gasteiger partial charge on any atom is -0.492 e. The number of rotatable bonds is 6. The Bertz CT molecular complexity index is 592. The zero-order valence-electron chi connectivity index (χ0n) is 13.4. The van der Waals surface area contributed by atoms with Crippen molar-refractivity contribution in [2.24, 2.45) is 0 Å². The van der Waals surface area contributed by atoms with E-state index in [2.05, 4.69) is 69.4 Å². The van der Waals surface area contributed by atoms with E-state index >= 15 is 0 Å². The Morgan fingerprint density at radius 3 is 2.38 bits per heavy atom. The predicted octanol–water partition coefficient (Wildman–Crippen LogP) is 4.34. The van der Waals surface area contributed by atoms with Crippen molar-refractivity contribution in [3.63, 3.8) is 0 Å². The van der Waals surface area contributed by atoms with Crippen LogP contribution >= 0.6 is 0 Å². The standard InChI is InChI=1S/C19H25NO/c1-5-20-19(18-9-7-6-8-15(18)3)13-21-17-11-10-14(2)16(4)12-17/h6-12,19-20H,5,13H2,1-4H3. The van der Waals surface area contributed by atoms with E-state index in [1.54, 1.807) is 0 Å². The van der Waals surface area contributed by atoms with Crippen molar-refractivity contribution in [1.29, 1.82) is 0 Å². The Labute approximate surface area is 128 Å². The number of hydrogen-bond acceptors (Lipinski definition) is 2. The molecule has 0 aliphatic heterocycles. The highest BCUT2D eigenvalue weighted by Crippen LogP contribution is 2.21. The van der Waals surface area contributed by atoms with Crippen LogP contribution in [0.25, 0.3) is 0 Å². The molecule has 0 saturated heterocycles. The third kappa shape index (κ3) is 4.08. The van der Waals surface area contributed by atoms with E-state index in [0.717, 1.165) is 12.3 Å². The summed E-state index contributed by atoms with van der Waals surface area (Å²) >= 11 is 0. The number of benzene rings is 2. The Morgan fingerprint density at radius 2 is 1.71 bits per heavy atom. The van der Waals surface area contributed by atoms with Crippen LogP contribution < -0.4 is 10.1 Å². The molecule has 0 heterocycles. The van der Waals surface area contributed by atoms with Crippen LogP contribution in [-0.2, 0) is 0 Å². The van der Waals surface area contributed by atoms with E-state index in [4.69, 9.17) is 4.74 Å². The fraction of sp³-hybridized carbons (Fsp3) is 0.368. The van der Waals surface area contributed by atoms with Crippen LogP contribution in [0, 0.1) is 20.8 Å². The first-order chi connectivity index (χ1) is 10.1. The first-order valence-corrected chi connectivity index (χ1v) is 7.60. The lowest BCUT2D eigenvalue weighted by atomic mass is 10.0. The quantitative estimate of drug-likeness (QED) is 0.851. The molecular weight excluding hydrogens is 258 g/mol. The fourth-order valence-corrected chi connectivity index (χ4v) is 2.47. The van der Waals surface area contributed by atoms with Gasteiger partial charge in [-0.05, 0) is 61.7 Å². The van der Waals surface area contributed by atoms with Crippen LogP contribution in [0.2, 0.25) is 0 Å². The second-order valence-electron chi connectivity index (χ2n) is 5.52. The normalized spacial score (nSPS) is 12.2. The fourth-order valence-electron chi connectivity index (χ4n) is 2.47. The maximum atomic E-state index is 6.00. The van der Waals surface area contributed by atoms with Crippen LogP contribution in [0.15, 0.2) is 42.5 Å². The lowest BCUT2D eigenvalue weighted by Gasteiger charge is -2.21. The minimum atomic E-state index is 0.220. The van der Waals surface area contributed by atoms with E-state index < -0.39 is 0 Å². The molecule has 0 aliphatic carbocycles. The number of ether oxygens (including phenoxy) is 1. The largest absolute Gasteiger partial charge is 0.492 e. The van der Waals surface area contributed by atoms with Crippen LogP contribution in [0.5, 0.6) is 5.75 Å². The minimum absolute atomic E-state index is 0.220. The molecule has 0 aliphatic rings. The molecule has 0 saturated carbocycles. The lowest BCUT2D eigenvalue weighted by molar-refractivity contribution is 0.267. The smallest absolute Gasteiger partial charge is 0.119 e. The molecule has 2 aromatic carbocycles. The third-order valence-corrected chi connectivity index (χ3v) is 3.91. The molecule has 0 fully saturated rings. The molecule has 2 rings (SSSR count).